The number of benzene rings is 2. The second-order valence-electron chi connectivity index (χ2n) is 6.40. The van der Waals surface area contributed by atoms with Crippen LogP contribution in [0.4, 0.5) is 0 Å². The van der Waals surface area contributed by atoms with Gasteiger partial charge in [0.2, 0.25) is 0 Å². The lowest BCUT2D eigenvalue weighted by atomic mass is 10.0. The van der Waals surface area contributed by atoms with Crippen LogP contribution in [0.1, 0.15) is 35.3 Å². The molecule has 2 heterocycles. The summed E-state index contributed by atoms with van der Waals surface area (Å²) in [6.07, 6.45) is 0.833. The Hall–Kier alpha value is -2.98. The van der Waals surface area contributed by atoms with Crippen molar-refractivity contribution < 1.29 is 4.79 Å². The second kappa shape index (κ2) is 7.72. The van der Waals surface area contributed by atoms with E-state index in [1.807, 2.05) is 66.0 Å². The van der Waals surface area contributed by atoms with Gasteiger partial charge in [-0.25, -0.2) is 4.98 Å². The molecule has 0 spiro atoms. The number of hydrogen-bond donors (Lipinski definition) is 1. The number of fused-ring (bicyclic) bond motifs is 1. The van der Waals surface area contributed by atoms with E-state index in [1.54, 1.807) is 11.3 Å². The van der Waals surface area contributed by atoms with Crippen molar-refractivity contribution in [2.75, 3.05) is 0 Å². The summed E-state index contributed by atoms with van der Waals surface area (Å²) in [7, 11) is 0. The number of thiophene rings is 1. The van der Waals surface area contributed by atoms with Crippen LogP contribution in [0, 0.1) is 0 Å². The largest absolute Gasteiger partial charge is 0.345 e. The fraction of sp³-hybridized carbons (Fsp3) is 0.130. The molecule has 1 amide bonds. The highest BCUT2D eigenvalue weighted by molar-refractivity contribution is 7.17. The van der Waals surface area contributed by atoms with Gasteiger partial charge in [-0.15, -0.1) is 11.3 Å². The first-order valence-corrected chi connectivity index (χ1v) is 9.93. The van der Waals surface area contributed by atoms with Gasteiger partial charge in [-0.3, -0.25) is 4.79 Å². The van der Waals surface area contributed by atoms with Gasteiger partial charge in [0, 0.05) is 5.56 Å². The van der Waals surface area contributed by atoms with Gasteiger partial charge < -0.3 is 5.32 Å². The fourth-order valence-electron chi connectivity index (χ4n) is 3.22. The van der Waals surface area contributed by atoms with E-state index in [1.165, 1.54) is 0 Å². The molecule has 0 saturated carbocycles. The van der Waals surface area contributed by atoms with Crippen molar-refractivity contribution in [3.05, 3.63) is 89.3 Å². The maximum absolute atomic E-state index is 13.2. The lowest BCUT2D eigenvalue weighted by molar-refractivity contribution is 0.0937. The van der Waals surface area contributed by atoms with Crippen LogP contribution in [-0.2, 0) is 0 Å². The van der Waals surface area contributed by atoms with Crippen LogP contribution in [0.3, 0.4) is 0 Å². The lowest BCUT2D eigenvalue weighted by Crippen LogP contribution is -2.28. The third-order valence-electron chi connectivity index (χ3n) is 4.64. The van der Waals surface area contributed by atoms with Crippen LogP contribution < -0.4 is 5.32 Å². The monoisotopic (exact) mass is 372 g/mol. The van der Waals surface area contributed by atoms with E-state index in [9.17, 15) is 4.79 Å². The Morgan fingerprint density at radius 3 is 2.44 bits per heavy atom. The summed E-state index contributed by atoms with van der Waals surface area (Å²) >= 11 is 1.55. The van der Waals surface area contributed by atoms with Crippen molar-refractivity contribution in [3.8, 4) is 11.3 Å². The molecule has 0 radical (unpaired) electrons. The molecule has 2 aromatic carbocycles. The maximum Gasteiger partial charge on any atom is 0.253 e. The van der Waals surface area contributed by atoms with Gasteiger partial charge in [0.05, 0.1) is 27.5 Å². The molecule has 0 saturated heterocycles. The summed E-state index contributed by atoms with van der Waals surface area (Å²) in [5.41, 5.74) is 4.49. The summed E-state index contributed by atoms with van der Waals surface area (Å²) in [4.78, 5) is 17.9. The molecule has 3 nitrogen and oxygen atoms in total. The highest BCUT2D eigenvalue weighted by atomic mass is 32.1. The Balaban J connectivity index is 1.72. The molecule has 4 aromatic rings. The van der Waals surface area contributed by atoms with Crippen molar-refractivity contribution in [2.24, 2.45) is 0 Å². The number of aromatic nitrogens is 1. The Labute approximate surface area is 162 Å². The summed E-state index contributed by atoms with van der Waals surface area (Å²) in [5.74, 6) is -0.0577. The first kappa shape index (κ1) is 17.4. The van der Waals surface area contributed by atoms with Gasteiger partial charge in [0.25, 0.3) is 5.91 Å². The summed E-state index contributed by atoms with van der Waals surface area (Å²) < 4.78 is 0.926. The number of pyridine rings is 1. The average Bonchev–Trinajstić information content (AvgIpc) is 3.21. The van der Waals surface area contributed by atoms with E-state index in [2.05, 4.69) is 24.4 Å². The number of nitrogens with zero attached hydrogens (tertiary/aromatic N) is 1. The van der Waals surface area contributed by atoms with Gasteiger partial charge in [-0.1, -0.05) is 67.6 Å². The average molecular weight is 372 g/mol. The Morgan fingerprint density at radius 2 is 1.74 bits per heavy atom. The lowest BCUT2D eigenvalue weighted by Gasteiger charge is -2.18. The molecule has 4 heteroatoms. The van der Waals surface area contributed by atoms with E-state index in [0.29, 0.717) is 5.56 Å². The molecular weight excluding hydrogens is 352 g/mol. The molecule has 0 aliphatic rings. The minimum atomic E-state index is -0.0577. The molecule has 27 heavy (non-hydrogen) atoms. The molecule has 0 fully saturated rings. The molecule has 0 unspecified atom stereocenters. The van der Waals surface area contributed by atoms with Crippen molar-refractivity contribution in [1.29, 1.82) is 0 Å². The molecule has 134 valence electrons. The fourth-order valence-corrected chi connectivity index (χ4v) is 4.07. The summed E-state index contributed by atoms with van der Waals surface area (Å²) in [6, 6.07) is 23.9. The third-order valence-corrected chi connectivity index (χ3v) is 5.58. The molecule has 0 aliphatic carbocycles. The van der Waals surface area contributed by atoms with Crippen molar-refractivity contribution in [1.82, 2.24) is 10.3 Å². The van der Waals surface area contributed by atoms with Gasteiger partial charge in [-0.2, -0.15) is 0 Å². The minimum absolute atomic E-state index is 0.0120. The van der Waals surface area contributed by atoms with Gasteiger partial charge in [0.15, 0.2) is 0 Å². The quantitative estimate of drug-likeness (QED) is 0.478. The van der Waals surface area contributed by atoms with Gasteiger partial charge in [0.1, 0.15) is 0 Å². The predicted octanol–water partition coefficient (Wildman–Crippen LogP) is 5.84. The molecule has 1 atom stereocenters. The normalized spacial score (nSPS) is 12.0. The van der Waals surface area contributed by atoms with E-state index >= 15 is 0 Å². The standard InChI is InChI=1S/C23H20N2OS/c1-2-19(16-9-5-3-6-10-16)25-23(26)18-15-21(17-11-7-4-8-12-17)24-20-13-14-27-22(18)20/h3-15,19H,2H2,1H3,(H,25,26)/t19-/m0/s1. The molecule has 2 aromatic heterocycles. The predicted molar refractivity (Wildman–Crippen MR) is 112 cm³/mol. The number of carbonyl (C=O) groups excluding carboxylic acids is 1. The number of carbonyl (C=O) groups is 1. The molecule has 0 aliphatic heterocycles. The smallest absolute Gasteiger partial charge is 0.253 e. The second-order valence-corrected chi connectivity index (χ2v) is 7.32. The number of amides is 1. The maximum atomic E-state index is 13.2. The van der Waals surface area contributed by atoms with E-state index < -0.39 is 0 Å². The summed E-state index contributed by atoms with van der Waals surface area (Å²) in [5, 5.41) is 5.18. The Morgan fingerprint density at radius 1 is 1.04 bits per heavy atom. The molecule has 1 N–H and O–H groups in total. The van der Waals surface area contributed by atoms with Crippen LogP contribution in [0.5, 0.6) is 0 Å². The van der Waals surface area contributed by atoms with Crippen molar-refractivity contribution in [3.63, 3.8) is 0 Å². The SMILES string of the molecule is CC[C@H](NC(=O)c1cc(-c2ccccc2)nc2ccsc12)c1ccccc1. The third kappa shape index (κ3) is 3.62. The van der Waals surface area contributed by atoms with Crippen LogP contribution in [-0.4, -0.2) is 10.9 Å². The Kier molecular flexibility index (Phi) is 4.99. The van der Waals surface area contributed by atoms with Crippen LogP contribution in [0.15, 0.2) is 78.2 Å². The van der Waals surface area contributed by atoms with Crippen LogP contribution in [0.25, 0.3) is 21.5 Å². The number of nitrogens with one attached hydrogen (secondary N) is 1. The van der Waals surface area contributed by atoms with Crippen LogP contribution >= 0.6 is 11.3 Å². The van der Waals surface area contributed by atoms with E-state index in [-0.39, 0.29) is 11.9 Å². The van der Waals surface area contributed by atoms with E-state index in [0.717, 1.165) is 33.5 Å². The van der Waals surface area contributed by atoms with Crippen LogP contribution in [0.2, 0.25) is 0 Å². The molecule has 0 bridgehead atoms. The zero-order chi connectivity index (χ0) is 18.6. The number of rotatable bonds is 5. The zero-order valence-electron chi connectivity index (χ0n) is 15.1. The number of hydrogen-bond acceptors (Lipinski definition) is 3. The van der Waals surface area contributed by atoms with Crippen molar-refractivity contribution >= 4 is 27.5 Å². The first-order valence-electron chi connectivity index (χ1n) is 9.05. The highest BCUT2D eigenvalue weighted by Gasteiger charge is 2.18. The minimum Gasteiger partial charge on any atom is -0.345 e. The molecular formula is C23H20N2OS. The zero-order valence-corrected chi connectivity index (χ0v) is 15.9. The Bertz CT molecular complexity index is 1060. The van der Waals surface area contributed by atoms with Gasteiger partial charge >= 0.3 is 0 Å². The first-order chi connectivity index (χ1) is 13.3. The van der Waals surface area contributed by atoms with E-state index in [4.69, 9.17) is 4.98 Å². The summed E-state index contributed by atoms with van der Waals surface area (Å²) in [6.45, 7) is 2.08. The van der Waals surface area contributed by atoms with Crippen molar-refractivity contribution in [2.45, 2.75) is 19.4 Å². The molecule has 4 rings (SSSR count). The highest BCUT2D eigenvalue weighted by Crippen LogP contribution is 2.29. The topological polar surface area (TPSA) is 42.0 Å². The van der Waals surface area contributed by atoms with Gasteiger partial charge in [-0.05, 0) is 29.5 Å².